The Balaban J connectivity index is 2.01. The molecule has 0 aromatic carbocycles. The molecule has 1 saturated carbocycles. The molecule has 1 heterocycles. The number of nitrogens with two attached hydrogens (primary N) is 1. The third-order valence-electron chi connectivity index (χ3n) is 3.77. The van der Waals surface area contributed by atoms with Crippen LogP contribution in [-0.4, -0.2) is 28.8 Å². The Morgan fingerprint density at radius 2 is 2.24 bits per heavy atom. The van der Waals surface area contributed by atoms with Crippen molar-refractivity contribution < 1.29 is 5.11 Å². The first kappa shape index (κ1) is 12.3. The zero-order valence-corrected chi connectivity index (χ0v) is 10.3. The van der Waals surface area contributed by atoms with Gasteiger partial charge in [0, 0.05) is 18.7 Å². The van der Waals surface area contributed by atoms with Crippen molar-refractivity contribution in [3.05, 3.63) is 23.9 Å². The Morgan fingerprint density at radius 3 is 2.82 bits per heavy atom. The van der Waals surface area contributed by atoms with Crippen LogP contribution in [0.1, 0.15) is 31.2 Å². The summed E-state index contributed by atoms with van der Waals surface area (Å²) < 4.78 is 0. The zero-order chi connectivity index (χ0) is 12.3. The second-order valence-corrected chi connectivity index (χ2v) is 5.01. The van der Waals surface area contributed by atoms with Gasteiger partial charge in [0.25, 0.3) is 0 Å². The van der Waals surface area contributed by atoms with Crippen molar-refractivity contribution in [1.82, 2.24) is 10.3 Å². The van der Waals surface area contributed by atoms with E-state index in [1.807, 2.05) is 19.2 Å². The molecule has 1 aliphatic rings. The Bertz CT molecular complexity index is 373. The molecule has 0 amide bonds. The van der Waals surface area contributed by atoms with Crippen molar-refractivity contribution in [2.45, 2.75) is 43.7 Å². The van der Waals surface area contributed by atoms with Crippen LogP contribution < -0.4 is 11.1 Å². The standard InChI is InChI=1S/C13H21N3O/c1-15-11-4-6-13(17,7-5-11)9-10-3-2-8-16-12(10)14/h2-3,8,11,15,17H,4-7,9H2,1H3,(H2,14,16). The van der Waals surface area contributed by atoms with Gasteiger partial charge in [-0.3, -0.25) is 0 Å². The van der Waals surface area contributed by atoms with Gasteiger partial charge >= 0.3 is 0 Å². The second kappa shape index (κ2) is 5.02. The highest BCUT2D eigenvalue weighted by atomic mass is 16.3. The highest BCUT2D eigenvalue weighted by molar-refractivity contribution is 5.39. The maximum absolute atomic E-state index is 10.6. The van der Waals surface area contributed by atoms with Crippen LogP contribution >= 0.6 is 0 Å². The smallest absolute Gasteiger partial charge is 0.126 e. The third kappa shape index (κ3) is 2.96. The summed E-state index contributed by atoms with van der Waals surface area (Å²) in [5, 5.41) is 13.8. The molecular formula is C13H21N3O. The number of hydrogen-bond acceptors (Lipinski definition) is 4. The van der Waals surface area contributed by atoms with E-state index >= 15 is 0 Å². The zero-order valence-electron chi connectivity index (χ0n) is 10.3. The van der Waals surface area contributed by atoms with Gasteiger partial charge in [0.1, 0.15) is 5.82 Å². The number of nitrogen functional groups attached to an aromatic ring is 1. The van der Waals surface area contributed by atoms with Gasteiger partial charge in [-0.05, 0) is 44.4 Å². The van der Waals surface area contributed by atoms with Crippen molar-refractivity contribution in [3.8, 4) is 0 Å². The van der Waals surface area contributed by atoms with Gasteiger partial charge < -0.3 is 16.2 Å². The lowest BCUT2D eigenvalue weighted by atomic mass is 9.78. The molecule has 17 heavy (non-hydrogen) atoms. The maximum Gasteiger partial charge on any atom is 0.126 e. The molecule has 0 bridgehead atoms. The molecule has 0 radical (unpaired) electrons. The van der Waals surface area contributed by atoms with Gasteiger partial charge in [0.2, 0.25) is 0 Å². The van der Waals surface area contributed by atoms with Crippen LogP contribution in [0.5, 0.6) is 0 Å². The highest BCUT2D eigenvalue weighted by Crippen LogP contribution is 2.32. The monoisotopic (exact) mass is 235 g/mol. The van der Waals surface area contributed by atoms with E-state index in [0.29, 0.717) is 18.3 Å². The number of hydrogen-bond donors (Lipinski definition) is 3. The fraction of sp³-hybridized carbons (Fsp3) is 0.615. The number of aromatic nitrogens is 1. The van der Waals surface area contributed by atoms with Crippen molar-refractivity contribution in [2.24, 2.45) is 0 Å². The summed E-state index contributed by atoms with van der Waals surface area (Å²) in [5.74, 6) is 0.539. The molecule has 0 spiro atoms. The fourth-order valence-corrected chi connectivity index (χ4v) is 2.58. The molecule has 1 aromatic rings. The summed E-state index contributed by atoms with van der Waals surface area (Å²) in [5.41, 5.74) is 6.17. The first-order valence-electron chi connectivity index (χ1n) is 6.22. The number of rotatable bonds is 3. The lowest BCUT2D eigenvalue weighted by Gasteiger charge is -2.36. The number of nitrogens with one attached hydrogen (secondary N) is 1. The molecule has 4 N–H and O–H groups in total. The molecule has 0 aliphatic heterocycles. The average molecular weight is 235 g/mol. The summed E-state index contributed by atoms with van der Waals surface area (Å²) in [6.07, 6.45) is 5.99. The predicted molar refractivity (Wildman–Crippen MR) is 68.6 cm³/mol. The van der Waals surface area contributed by atoms with Crippen molar-refractivity contribution >= 4 is 5.82 Å². The summed E-state index contributed by atoms with van der Waals surface area (Å²) in [4.78, 5) is 4.06. The van der Waals surface area contributed by atoms with Crippen LogP contribution in [0.25, 0.3) is 0 Å². The summed E-state index contributed by atoms with van der Waals surface area (Å²) in [6, 6.07) is 4.36. The first-order chi connectivity index (χ1) is 8.13. The molecule has 1 aliphatic carbocycles. The average Bonchev–Trinajstić information content (AvgIpc) is 2.33. The van der Waals surface area contributed by atoms with Crippen LogP contribution in [0, 0.1) is 0 Å². The molecule has 4 nitrogen and oxygen atoms in total. The van der Waals surface area contributed by atoms with E-state index in [9.17, 15) is 5.11 Å². The topological polar surface area (TPSA) is 71.2 Å². The van der Waals surface area contributed by atoms with E-state index < -0.39 is 5.60 Å². The molecule has 0 atom stereocenters. The molecule has 1 fully saturated rings. The summed E-state index contributed by atoms with van der Waals surface area (Å²) in [7, 11) is 1.98. The van der Waals surface area contributed by atoms with Gasteiger partial charge in [-0.2, -0.15) is 0 Å². The Labute approximate surface area is 102 Å². The third-order valence-corrected chi connectivity index (χ3v) is 3.77. The molecular weight excluding hydrogens is 214 g/mol. The molecule has 2 rings (SSSR count). The maximum atomic E-state index is 10.6. The van der Waals surface area contributed by atoms with Crippen LogP contribution in [0.3, 0.4) is 0 Å². The molecule has 0 unspecified atom stereocenters. The molecule has 94 valence electrons. The van der Waals surface area contributed by atoms with Crippen molar-refractivity contribution in [2.75, 3.05) is 12.8 Å². The Hall–Kier alpha value is -1.13. The Kier molecular flexibility index (Phi) is 3.64. The number of anilines is 1. The Morgan fingerprint density at radius 1 is 1.53 bits per heavy atom. The van der Waals surface area contributed by atoms with Crippen molar-refractivity contribution in [1.29, 1.82) is 0 Å². The van der Waals surface area contributed by atoms with Crippen molar-refractivity contribution in [3.63, 3.8) is 0 Å². The number of aliphatic hydroxyl groups is 1. The van der Waals surface area contributed by atoms with E-state index in [1.165, 1.54) is 0 Å². The number of nitrogens with zero attached hydrogens (tertiary/aromatic N) is 1. The number of pyridine rings is 1. The largest absolute Gasteiger partial charge is 0.390 e. The second-order valence-electron chi connectivity index (χ2n) is 5.01. The van der Waals surface area contributed by atoms with Crippen LogP contribution in [0.15, 0.2) is 18.3 Å². The normalized spacial score (nSPS) is 29.2. The van der Waals surface area contributed by atoms with E-state index in [1.54, 1.807) is 6.20 Å². The van der Waals surface area contributed by atoms with E-state index in [0.717, 1.165) is 31.2 Å². The minimum atomic E-state index is -0.607. The van der Waals surface area contributed by atoms with Gasteiger partial charge in [-0.1, -0.05) is 6.07 Å². The van der Waals surface area contributed by atoms with Crippen LogP contribution in [-0.2, 0) is 6.42 Å². The molecule has 4 heteroatoms. The SMILES string of the molecule is CNC1CCC(O)(Cc2cccnc2N)CC1. The van der Waals surface area contributed by atoms with E-state index in [4.69, 9.17) is 5.73 Å². The van der Waals surface area contributed by atoms with Gasteiger partial charge in [0.15, 0.2) is 0 Å². The van der Waals surface area contributed by atoms with Crippen LogP contribution in [0.4, 0.5) is 5.82 Å². The van der Waals surface area contributed by atoms with Gasteiger partial charge in [-0.15, -0.1) is 0 Å². The minimum absolute atomic E-state index is 0.539. The van der Waals surface area contributed by atoms with E-state index in [2.05, 4.69) is 10.3 Å². The minimum Gasteiger partial charge on any atom is -0.390 e. The first-order valence-corrected chi connectivity index (χ1v) is 6.22. The quantitative estimate of drug-likeness (QED) is 0.733. The molecule has 0 saturated heterocycles. The van der Waals surface area contributed by atoms with Crippen LogP contribution in [0.2, 0.25) is 0 Å². The van der Waals surface area contributed by atoms with E-state index in [-0.39, 0.29) is 0 Å². The molecule has 1 aromatic heterocycles. The van der Waals surface area contributed by atoms with Gasteiger partial charge in [-0.25, -0.2) is 4.98 Å². The predicted octanol–water partition coefficient (Wildman–Crippen LogP) is 1.10. The lowest BCUT2D eigenvalue weighted by molar-refractivity contribution is -0.00234. The summed E-state index contributed by atoms with van der Waals surface area (Å²) >= 11 is 0. The van der Waals surface area contributed by atoms with Gasteiger partial charge in [0.05, 0.1) is 5.60 Å². The highest BCUT2D eigenvalue weighted by Gasteiger charge is 2.33. The lowest BCUT2D eigenvalue weighted by Crippen LogP contribution is -2.41. The fourth-order valence-electron chi connectivity index (χ4n) is 2.58. The summed E-state index contributed by atoms with van der Waals surface area (Å²) in [6.45, 7) is 0.